The summed E-state index contributed by atoms with van der Waals surface area (Å²) in [6.45, 7) is 0. The van der Waals surface area contributed by atoms with Crippen LogP contribution in [-0.2, 0) is 0 Å². The summed E-state index contributed by atoms with van der Waals surface area (Å²) in [5.74, 6) is 0. The van der Waals surface area contributed by atoms with Crippen LogP contribution < -0.4 is 0 Å². The number of nitrogens with zero attached hydrogens (tertiary/aromatic N) is 1. The van der Waals surface area contributed by atoms with E-state index >= 15 is 0 Å². The maximum atomic E-state index is 4.61. The van der Waals surface area contributed by atoms with Crippen molar-refractivity contribution in [1.82, 2.24) is 4.90 Å². The molecule has 1 nitrogen and oxygen atoms in total. The van der Waals surface area contributed by atoms with Crippen LogP contribution in [0, 0.1) is 0 Å². The Morgan fingerprint density at radius 1 is 1.57 bits per heavy atom. The third-order valence-electron chi connectivity index (χ3n) is 0.383. The van der Waals surface area contributed by atoms with Gasteiger partial charge in [0.05, 0.1) is 0 Å². The molecule has 0 spiro atoms. The van der Waals surface area contributed by atoms with Gasteiger partial charge in [-0.2, -0.15) is 0 Å². The molecule has 0 aromatic heterocycles. The first-order chi connectivity index (χ1) is 2.64. The maximum absolute atomic E-state index is 4.61. The van der Waals surface area contributed by atoms with Crippen molar-refractivity contribution in [2.45, 2.75) is 0 Å². The van der Waals surface area contributed by atoms with Crippen LogP contribution in [0.3, 0.4) is 0 Å². The van der Waals surface area contributed by atoms with Gasteiger partial charge in [-0.3, -0.25) is 0 Å². The zero-order chi connectivity index (χ0) is 5.15. The number of thiocarbonyl (C=S) groups is 1. The third kappa shape index (κ3) is 7.88. The maximum Gasteiger partial charge on any atom is 0.132 e. The van der Waals surface area contributed by atoms with Crippen molar-refractivity contribution < 1.29 is 0 Å². The van der Waals surface area contributed by atoms with E-state index in [0.717, 1.165) is 0 Å². The number of rotatable bonds is 0. The molecule has 0 aliphatic rings. The molecule has 4 heteroatoms. The number of hydrogen-bond acceptors (Lipinski definition) is 1. The molecule has 0 heterocycles. The van der Waals surface area contributed by atoms with Crippen LogP contribution in [0.25, 0.3) is 0 Å². The summed E-state index contributed by atoms with van der Waals surface area (Å²) in [6.07, 6.45) is 0. The predicted octanol–water partition coefficient (Wildman–Crippen LogP) is 0.382. The van der Waals surface area contributed by atoms with Crippen LogP contribution in [0.5, 0.6) is 0 Å². The van der Waals surface area contributed by atoms with Crippen molar-refractivity contribution in [2.24, 2.45) is 0 Å². The van der Waals surface area contributed by atoms with Gasteiger partial charge in [-0.1, -0.05) is 12.2 Å². The minimum absolute atomic E-state index is 0. The summed E-state index contributed by atoms with van der Waals surface area (Å²) in [5.41, 5.74) is 0. The molecule has 37 valence electrons. The first kappa shape index (κ1) is 11.6. The van der Waals surface area contributed by atoms with Gasteiger partial charge >= 0.3 is 0 Å². The van der Waals surface area contributed by atoms with E-state index in [2.05, 4.69) is 24.8 Å². The van der Waals surface area contributed by atoms with Gasteiger partial charge in [0.2, 0.25) is 0 Å². The van der Waals surface area contributed by atoms with Crippen LogP contribution in [0.4, 0.5) is 0 Å². The van der Waals surface area contributed by atoms with Crippen molar-refractivity contribution >= 4 is 80.6 Å². The van der Waals surface area contributed by atoms with Crippen molar-refractivity contribution in [3.8, 4) is 0 Å². The minimum atomic E-state index is 0. The fourth-order valence-corrected chi connectivity index (χ4v) is 0. The smallest absolute Gasteiger partial charge is 0.132 e. The molecule has 0 amide bonds. The molecule has 1 radical (unpaired) electrons. The zero-order valence-electron chi connectivity index (χ0n) is 4.80. The molecule has 0 rings (SSSR count). The molecule has 0 fully saturated rings. The Labute approximate surface area is 97.7 Å². The third-order valence-corrected chi connectivity index (χ3v) is 1.15. The Morgan fingerprint density at radius 2 is 1.71 bits per heavy atom. The average Bonchev–Trinajstić information content (AvgIpc) is 1.36. The Kier molecular flexibility index (Phi) is 9.99. The topological polar surface area (TPSA) is 3.24 Å². The summed E-state index contributed by atoms with van der Waals surface area (Å²) in [7, 11) is 3.71. The van der Waals surface area contributed by atoms with Crippen molar-refractivity contribution in [1.29, 1.82) is 0 Å². The van der Waals surface area contributed by atoms with Gasteiger partial charge in [0.25, 0.3) is 0 Å². The molecule has 0 aromatic carbocycles. The van der Waals surface area contributed by atoms with E-state index < -0.39 is 0 Å². The summed E-state index contributed by atoms with van der Waals surface area (Å²) < 4.78 is 0.620. The van der Waals surface area contributed by atoms with Crippen LogP contribution in [0.15, 0.2) is 0 Å². The predicted molar refractivity (Wildman–Crippen MR) is 41.0 cm³/mol. The molecule has 0 aliphatic carbocycles. The Morgan fingerprint density at radius 3 is 1.71 bits per heavy atom. The standard InChI is InChI=1S/C3H7NS2.K/c1-4(2)3(5)6;/h1-2H3,(H,5,6);. The number of thiol groups is 1. The van der Waals surface area contributed by atoms with Gasteiger partial charge in [0.1, 0.15) is 4.32 Å². The van der Waals surface area contributed by atoms with Crippen LogP contribution in [0.1, 0.15) is 0 Å². The van der Waals surface area contributed by atoms with Crippen LogP contribution in [0.2, 0.25) is 0 Å². The molecule has 0 saturated carbocycles. The molecule has 0 saturated heterocycles. The van der Waals surface area contributed by atoms with Crippen molar-refractivity contribution in [3.63, 3.8) is 0 Å². The van der Waals surface area contributed by atoms with Gasteiger partial charge in [-0.25, -0.2) is 0 Å². The van der Waals surface area contributed by atoms with Crippen LogP contribution in [-0.4, -0.2) is 74.7 Å². The number of hydrogen-bond donors (Lipinski definition) is 1. The molecule has 0 aromatic rings. The normalized spacial score (nSPS) is 6.71. The van der Waals surface area contributed by atoms with E-state index in [9.17, 15) is 0 Å². The molecular formula is C3H7KNS2. The van der Waals surface area contributed by atoms with E-state index in [1.54, 1.807) is 4.90 Å². The first-order valence-corrected chi connectivity index (χ1v) is 2.40. The van der Waals surface area contributed by atoms with Gasteiger partial charge in [-0.15, -0.1) is 12.6 Å². The zero-order valence-corrected chi connectivity index (χ0v) is 9.64. The van der Waals surface area contributed by atoms with E-state index in [-0.39, 0.29) is 51.4 Å². The molecule has 0 bridgehead atoms. The van der Waals surface area contributed by atoms with Gasteiger partial charge in [0, 0.05) is 65.5 Å². The Bertz CT molecular complexity index is 64.0. The van der Waals surface area contributed by atoms with E-state index in [0.29, 0.717) is 4.32 Å². The quantitative estimate of drug-likeness (QED) is 0.310. The van der Waals surface area contributed by atoms with Gasteiger partial charge < -0.3 is 4.90 Å². The first-order valence-electron chi connectivity index (χ1n) is 1.55. The fraction of sp³-hybridized carbons (Fsp3) is 0.667. The monoisotopic (exact) mass is 160 g/mol. The molecule has 0 N–H and O–H groups in total. The Hall–Kier alpha value is 1.88. The van der Waals surface area contributed by atoms with Crippen molar-refractivity contribution in [2.75, 3.05) is 14.1 Å². The second-order valence-corrected chi connectivity index (χ2v) is 2.29. The van der Waals surface area contributed by atoms with Crippen molar-refractivity contribution in [3.05, 3.63) is 0 Å². The van der Waals surface area contributed by atoms with E-state index in [1.807, 2.05) is 14.1 Å². The SMILES string of the molecule is CN(C)C(=S)S.[K]. The fourth-order valence-electron chi connectivity index (χ4n) is 0. The summed E-state index contributed by atoms with van der Waals surface area (Å²) in [5, 5.41) is 0. The van der Waals surface area contributed by atoms with E-state index in [4.69, 9.17) is 0 Å². The Balaban J connectivity index is 0. The average molecular weight is 160 g/mol. The summed E-state index contributed by atoms with van der Waals surface area (Å²) >= 11 is 8.46. The second kappa shape index (κ2) is 6.00. The molecule has 0 aliphatic heterocycles. The minimum Gasteiger partial charge on any atom is -0.364 e. The molecular weight excluding hydrogens is 153 g/mol. The summed E-state index contributed by atoms with van der Waals surface area (Å²) in [6, 6.07) is 0. The second-order valence-electron chi connectivity index (χ2n) is 1.18. The van der Waals surface area contributed by atoms with Crippen LogP contribution >= 0.6 is 24.8 Å². The molecule has 7 heavy (non-hydrogen) atoms. The molecule has 0 unspecified atom stereocenters. The summed E-state index contributed by atoms with van der Waals surface area (Å²) in [4.78, 5) is 1.76. The van der Waals surface area contributed by atoms with Gasteiger partial charge in [0.15, 0.2) is 0 Å². The van der Waals surface area contributed by atoms with E-state index in [1.165, 1.54) is 0 Å². The molecule has 0 atom stereocenters. The largest absolute Gasteiger partial charge is 0.364 e. The van der Waals surface area contributed by atoms with Gasteiger partial charge in [-0.05, 0) is 0 Å².